The SMILES string of the molecule is O=C(Nc1ccc([N+](=O)[O-])c2cnccc12)C(F)(F)F. The van der Waals surface area contributed by atoms with Crippen molar-refractivity contribution in [3.05, 3.63) is 40.7 Å². The zero-order valence-corrected chi connectivity index (χ0v) is 9.64. The van der Waals surface area contributed by atoms with Crippen molar-refractivity contribution in [3.63, 3.8) is 0 Å². The van der Waals surface area contributed by atoms with Crippen LogP contribution in [-0.4, -0.2) is 22.0 Å². The second kappa shape index (κ2) is 4.76. The number of aromatic nitrogens is 1. The van der Waals surface area contributed by atoms with E-state index in [-0.39, 0.29) is 22.1 Å². The maximum atomic E-state index is 12.2. The van der Waals surface area contributed by atoms with Gasteiger partial charge >= 0.3 is 12.1 Å². The van der Waals surface area contributed by atoms with E-state index < -0.39 is 17.0 Å². The number of hydrogen-bond acceptors (Lipinski definition) is 4. The molecule has 0 atom stereocenters. The monoisotopic (exact) mass is 285 g/mol. The maximum Gasteiger partial charge on any atom is 0.471 e. The molecule has 0 saturated carbocycles. The van der Waals surface area contributed by atoms with Crippen LogP contribution in [0.4, 0.5) is 24.5 Å². The molecule has 0 fully saturated rings. The van der Waals surface area contributed by atoms with Gasteiger partial charge in [0.05, 0.1) is 10.3 Å². The summed E-state index contributed by atoms with van der Waals surface area (Å²) in [5, 5.41) is 12.6. The van der Waals surface area contributed by atoms with Gasteiger partial charge in [0.15, 0.2) is 0 Å². The summed E-state index contributed by atoms with van der Waals surface area (Å²) >= 11 is 0. The van der Waals surface area contributed by atoms with E-state index in [4.69, 9.17) is 0 Å². The lowest BCUT2D eigenvalue weighted by atomic mass is 10.1. The predicted molar refractivity (Wildman–Crippen MR) is 63.1 cm³/mol. The number of carbonyl (C=O) groups is 1. The molecule has 0 aliphatic heterocycles. The molecule has 9 heteroatoms. The number of nitro benzene ring substituents is 1. The number of non-ortho nitro benzene ring substituents is 1. The zero-order valence-electron chi connectivity index (χ0n) is 9.64. The number of alkyl halides is 3. The van der Waals surface area contributed by atoms with Crippen LogP contribution in [-0.2, 0) is 4.79 Å². The summed E-state index contributed by atoms with van der Waals surface area (Å²) in [6.07, 6.45) is -2.63. The molecule has 0 bridgehead atoms. The first-order valence-corrected chi connectivity index (χ1v) is 5.20. The molecule has 2 rings (SSSR count). The van der Waals surface area contributed by atoms with Crippen LogP contribution in [0.5, 0.6) is 0 Å². The van der Waals surface area contributed by atoms with E-state index in [9.17, 15) is 28.1 Å². The van der Waals surface area contributed by atoms with Crippen molar-refractivity contribution >= 4 is 28.1 Å². The Labute approximate surface area is 109 Å². The summed E-state index contributed by atoms with van der Waals surface area (Å²) in [5.74, 6) is -2.15. The van der Waals surface area contributed by atoms with Gasteiger partial charge in [0.1, 0.15) is 0 Å². The van der Waals surface area contributed by atoms with Crippen molar-refractivity contribution < 1.29 is 22.9 Å². The van der Waals surface area contributed by atoms with Crippen molar-refractivity contribution in [1.82, 2.24) is 4.98 Å². The van der Waals surface area contributed by atoms with Gasteiger partial charge in [-0.1, -0.05) is 0 Å². The Bertz CT molecular complexity index is 700. The molecule has 1 N–H and O–H groups in total. The molecule has 0 aliphatic rings. The van der Waals surface area contributed by atoms with E-state index in [1.807, 2.05) is 0 Å². The van der Waals surface area contributed by atoms with E-state index in [2.05, 4.69) is 4.98 Å². The van der Waals surface area contributed by atoms with E-state index in [0.29, 0.717) is 0 Å². The third-order valence-corrected chi connectivity index (χ3v) is 2.50. The smallest absolute Gasteiger partial charge is 0.318 e. The van der Waals surface area contributed by atoms with Gasteiger partial charge in [-0.2, -0.15) is 13.2 Å². The highest BCUT2D eigenvalue weighted by Crippen LogP contribution is 2.31. The fraction of sp³-hybridized carbons (Fsp3) is 0.0909. The first-order valence-electron chi connectivity index (χ1n) is 5.20. The summed E-state index contributed by atoms with van der Waals surface area (Å²) in [7, 11) is 0. The zero-order chi connectivity index (χ0) is 14.9. The van der Waals surface area contributed by atoms with Gasteiger partial charge in [0.2, 0.25) is 0 Å². The van der Waals surface area contributed by atoms with Crippen LogP contribution in [0, 0.1) is 10.1 Å². The van der Waals surface area contributed by atoms with Gasteiger partial charge in [-0.3, -0.25) is 19.9 Å². The number of nitrogens with one attached hydrogen (secondary N) is 1. The number of rotatable bonds is 2. The quantitative estimate of drug-likeness (QED) is 0.679. The fourth-order valence-corrected chi connectivity index (χ4v) is 1.64. The molecule has 20 heavy (non-hydrogen) atoms. The second-order valence-electron chi connectivity index (χ2n) is 3.76. The Morgan fingerprint density at radius 3 is 2.55 bits per heavy atom. The van der Waals surface area contributed by atoms with Crippen molar-refractivity contribution in [3.8, 4) is 0 Å². The van der Waals surface area contributed by atoms with Crippen LogP contribution in [0.1, 0.15) is 0 Å². The Kier molecular flexibility index (Phi) is 3.26. The van der Waals surface area contributed by atoms with Gasteiger partial charge in [-0.25, -0.2) is 0 Å². The number of pyridine rings is 1. The lowest BCUT2D eigenvalue weighted by Gasteiger charge is -2.10. The number of nitro groups is 1. The molecule has 0 saturated heterocycles. The van der Waals surface area contributed by atoms with Crippen molar-refractivity contribution in [2.75, 3.05) is 5.32 Å². The average molecular weight is 285 g/mol. The highest BCUT2D eigenvalue weighted by Gasteiger charge is 2.39. The molecule has 2 aromatic rings. The van der Waals surface area contributed by atoms with Crippen LogP contribution >= 0.6 is 0 Å². The lowest BCUT2D eigenvalue weighted by molar-refractivity contribution is -0.383. The molecule has 0 unspecified atom stereocenters. The number of nitrogens with zero attached hydrogens (tertiary/aromatic N) is 2. The third kappa shape index (κ3) is 2.51. The number of amides is 1. The highest BCUT2D eigenvalue weighted by atomic mass is 19.4. The van der Waals surface area contributed by atoms with E-state index in [0.717, 1.165) is 18.3 Å². The summed E-state index contributed by atoms with van der Waals surface area (Å²) in [6, 6.07) is 3.34. The predicted octanol–water partition coefficient (Wildman–Crippen LogP) is 2.64. The molecule has 1 aromatic carbocycles. The molecular formula is C11H6F3N3O3. The van der Waals surface area contributed by atoms with Gasteiger partial charge in [0, 0.05) is 29.5 Å². The second-order valence-corrected chi connectivity index (χ2v) is 3.76. The van der Waals surface area contributed by atoms with E-state index in [1.54, 1.807) is 5.32 Å². The molecule has 0 aliphatic carbocycles. The first kappa shape index (κ1) is 13.7. The van der Waals surface area contributed by atoms with Crippen molar-refractivity contribution in [2.24, 2.45) is 0 Å². The highest BCUT2D eigenvalue weighted by molar-refractivity contribution is 6.06. The number of carbonyl (C=O) groups excluding carboxylic acids is 1. The third-order valence-electron chi connectivity index (χ3n) is 2.50. The number of fused-ring (bicyclic) bond motifs is 1. The molecule has 0 radical (unpaired) electrons. The van der Waals surface area contributed by atoms with Gasteiger partial charge in [-0.05, 0) is 12.1 Å². The molecule has 1 amide bonds. The van der Waals surface area contributed by atoms with Crippen molar-refractivity contribution in [2.45, 2.75) is 6.18 Å². The van der Waals surface area contributed by atoms with Gasteiger partial charge < -0.3 is 5.32 Å². The maximum absolute atomic E-state index is 12.2. The van der Waals surface area contributed by atoms with Gasteiger partial charge in [0.25, 0.3) is 5.69 Å². The molecule has 104 valence electrons. The molecule has 1 heterocycles. The number of hydrogen-bond donors (Lipinski definition) is 1. The van der Waals surface area contributed by atoms with Gasteiger partial charge in [-0.15, -0.1) is 0 Å². The largest absolute Gasteiger partial charge is 0.471 e. The molecule has 6 nitrogen and oxygen atoms in total. The van der Waals surface area contributed by atoms with E-state index >= 15 is 0 Å². The fourth-order valence-electron chi connectivity index (χ4n) is 1.64. The first-order chi connectivity index (χ1) is 9.30. The lowest BCUT2D eigenvalue weighted by Crippen LogP contribution is -2.30. The topological polar surface area (TPSA) is 85.1 Å². The Morgan fingerprint density at radius 1 is 1.25 bits per heavy atom. The Hall–Kier alpha value is -2.71. The molecule has 1 aromatic heterocycles. The minimum atomic E-state index is -5.04. The van der Waals surface area contributed by atoms with Crippen molar-refractivity contribution in [1.29, 1.82) is 0 Å². The van der Waals surface area contributed by atoms with Crippen LogP contribution in [0.25, 0.3) is 10.8 Å². The number of anilines is 1. The Morgan fingerprint density at radius 2 is 1.95 bits per heavy atom. The van der Waals surface area contributed by atoms with Crippen LogP contribution in [0.2, 0.25) is 0 Å². The summed E-state index contributed by atoms with van der Waals surface area (Å²) in [6.45, 7) is 0. The average Bonchev–Trinajstić information content (AvgIpc) is 2.37. The van der Waals surface area contributed by atoms with Crippen LogP contribution in [0.3, 0.4) is 0 Å². The van der Waals surface area contributed by atoms with Crippen LogP contribution in [0.15, 0.2) is 30.6 Å². The standard InChI is InChI=1S/C11H6F3N3O3/c12-11(13,14)10(18)16-8-1-2-9(17(19)20)7-5-15-4-3-6(7)8/h1-5H,(H,16,18). The summed E-state index contributed by atoms with van der Waals surface area (Å²) < 4.78 is 36.6. The number of benzene rings is 1. The normalized spacial score (nSPS) is 11.3. The molecule has 0 spiro atoms. The summed E-state index contributed by atoms with van der Waals surface area (Å²) in [4.78, 5) is 24.7. The van der Waals surface area contributed by atoms with Crippen LogP contribution < -0.4 is 5.32 Å². The molecular weight excluding hydrogens is 279 g/mol. The minimum Gasteiger partial charge on any atom is -0.318 e. The summed E-state index contributed by atoms with van der Waals surface area (Å²) in [5.41, 5.74) is -0.478. The Balaban J connectivity index is 2.54. The minimum absolute atomic E-state index is 0.0393. The van der Waals surface area contributed by atoms with E-state index in [1.165, 1.54) is 12.3 Å². The number of halogens is 3.